The predicted octanol–water partition coefficient (Wildman–Crippen LogP) is 2.16. The van der Waals surface area contributed by atoms with Gasteiger partial charge in [0, 0.05) is 17.9 Å². The molecule has 0 bridgehead atoms. The number of benzene rings is 1. The van der Waals surface area contributed by atoms with Crippen LogP contribution < -0.4 is 11.1 Å². The normalized spacial score (nSPS) is 23.8. The minimum absolute atomic E-state index is 0.168. The minimum atomic E-state index is -0.168. The van der Waals surface area contributed by atoms with Gasteiger partial charge in [0.1, 0.15) is 0 Å². The molecule has 0 saturated heterocycles. The molecule has 2 aromatic rings. The number of rotatable bonds is 4. The highest BCUT2D eigenvalue weighted by molar-refractivity contribution is 5.98. The summed E-state index contributed by atoms with van der Waals surface area (Å²) in [5.41, 5.74) is 9.10. The number of hydrogen-bond donors (Lipinski definition) is 3. The lowest BCUT2D eigenvalue weighted by atomic mass is 10.1. The summed E-state index contributed by atoms with van der Waals surface area (Å²) in [5.74, 6) is 0.717. The van der Waals surface area contributed by atoms with Crippen LogP contribution in [0.5, 0.6) is 0 Å². The van der Waals surface area contributed by atoms with Crippen LogP contribution in [0.2, 0.25) is 0 Å². The van der Waals surface area contributed by atoms with Gasteiger partial charge in [-0.3, -0.25) is 9.89 Å². The Labute approximate surface area is 122 Å². The zero-order valence-corrected chi connectivity index (χ0v) is 11.7. The summed E-state index contributed by atoms with van der Waals surface area (Å²) in [5, 5.41) is 10.0. The molecule has 2 aliphatic rings. The molecule has 2 saturated carbocycles. The molecule has 1 heterocycles. The first kappa shape index (κ1) is 12.4. The molecule has 1 aromatic heterocycles. The van der Waals surface area contributed by atoms with Crippen molar-refractivity contribution in [3.05, 3.63) is 47.3 Å². The molecule has 108 valence electrons. The molecule has 2 unspecified atom stereocenters. The van der Waals surface area contributed by atoms with E-state index in [2.05, 4.69) is 27.6 Å². The first-order valence-corrected chi connectivity index (χ1v) is 7.43. The standard InChI is InChI=1S/C16H18N4O/c17-13-14(10-6-7-10)19-20-15(13)16(21)18-12-8-11(12)9-4-2-1-3-5-9/h1-5,10-12H,6-8,17H2,(H,18,21)(H,19,20). The van der Waals surface area contributed by atoms with Gasteiger partial charge in [0.25, 0.3) is 5.91 Å². The van der Waals surface area contributed by atoms with Crippen LogP contribution in [0, 0.1) is 0 Å². The molecular weight excluding hydrogens is 264 g/mol. The number of aromatic amines is 1. The summed E-state index contributed by atoms with van der Waals surface area (Å²) in [4.78, 5) is 12.3. The molecule has 2 fully saturated rings. The number of nitrogens with two attached hydrogens (primary N) is 1. The molecular formula is C16H18N4O. The third-order valence-corrected chi connectivity index (χ3v) is 4.37. The maximum Gasteiger partial charge on any atom is 0.274 e. The molecule has 1 amide bonds. The Morgan fingerprint density at radius 1 is 1.29 bits per heavy atom. The van der Waals surface area contributed by atoms with E-state index in [-0.39, 0.29) is 11.9 Å². The van der Waals surface area contributed by atoms with E-state index in [1.54, 1.807) is 0 Å². The van der Waals surface area contributed by atoms with Gasteiger partial charge in [-0.15, -0.1) is 0 Å². The van der Waals surface area contributed by atoms with Crippen molar-refractivity contribution in [2.24, 2.45) is 0 Å². The molecule has 5 heteroatoms. The Hall–Kier alpha value is -2.30. The maximum absolute atomic E-state index is 12.3. The highest BCUT2D eigenvalue weighted by Crippen LogP contribution is 2.43. The second-order valence-corrected chi connectivity index (χ2v) is 6.01. The van der Waals surface area contributed by atoms with Crippen LogP contribution in [0.25, 0.3) is 0 Å². The Morgan fingerprint density at radius 2 is 2.05 bits per heavy atom. The zero-order chi connectivity index (χ0) is 14.4. The molecule has 4 N–H and O–H groups in total. The number of nitrogens with zero attached hydrogens (tertiary/aromatic N) is 1. The molecule has 0 spiro atoms. The summed E-state index contributed by atoms with van der Waals surface area (Å²) in [6.45, 7) is 0. The topological polar surface area (TPSA) is 83.8 Å². The number of hydrogen-bond acceptors (Lipinski definition) is 3. The van der Waals surface area contributed by atoms with E-state index in [9.17, 15) is 4.79 Å². The van der Waals surface area contributed by atoms with Crippen molar-refractivity contribution in [1.82, 2.24) is 15.5 Å². The molecule has 0 radical (unpaired) electrons. The SMILES string of the molecule is Nc1c(C(=O)NC2CC2c2ccccc2)n[nH]c1C1CC1. The van der Waals surface area contributed by atoms with Gasteiger partial charge in [-0.1, -0.05) is 30.3 Å². The first-order valence-electron chi connectivity index (χ1n) is 7.43. The Kier molecular flexibility index (Phi) is 2.74. The van der Waals surface area contributed by atoms with Gasteiger partial charge in [-0.2, -0.15) is 5.10 Å². The van der Waals surface area contributed by atoms with Crippen LogP contribution in [-0.2, 0) is 0 Å². The molecule has 2 atom stereocenters. The average Bonchev–Trinajstić information content (AvgIpc) is 3.41. The van der Waals surface area contributed by atoms with E-state index in [4.69, 9.17) is 5.73 Å². The predicted molar refractivity (Wildman–Crippen MR) is 80.0 cm³/mol. The minimum Gasteiger partial charge on any atom is -0.395 e. The fourth-order valence-corrected chi connectivity index (χ4v) is 2.88. The third kappa shape index (κ3) is 2.28. The lowest BCUT2D eigenvalue weighted by Crippen LogP contribution is -2.27. The number of nitrogens with one attached hydrogen (secondary N) is 2. The number of nitrogen functional groups attached to an aromatic ring is 1. The van der Waals surface area contributed by atoms with Crippen LogP contribution in [-0.4, -0.2) is 22.1 Å². The second-order valence-electron chi connectivity index (χ2n) is 6.01. The van der Waals surface area contributed by atoms with Crippen LogP contribution in [0.1, 0.15) is 52.8 Å². The Balaban J connectivity index is 1.43. The van der Waals surface area contributed by atoms with E-state index in [1.807, 2.05) is 18.2 Å². The van der Waals surface area contributed by atoms with Crippen molar-refractivity contribution in [2.75, 3.05) is 5.73 Å². The summed E-state index contributed by atoms with van der Waals surface area (Å²) in [7, 11) is 0. The highest BCUT2D eigenvalue weighted by Gasteiger charge is 2.40. The number of H-pyrrole nitrogens is 1. The van der Waals surface area contributed by atoms with Crippen molar-refractivity contribution >= 4 is 11.6 Å². The number of aromatic nitrogens is 2. The summed E-state index contributed by atoms with van der Waals surface area (Å²) in [6.07, 6.45) is 3.24. The van der Waals surface area contributed by atoms with Crippen molar-refractivity contribution in [3.8, 4) is 0 Å². The van der Waals surface area contributed by atoms with Gasteiger partial charge in [0.15, 0.2) is 5.69 Å². The summed E-state index contributed by atoms with van der Waals surface area (Å²) >= 11 is 0. The third-order valence-electron chi connectivity index (χ3n) is 4.37. The van der Waals surface area contributed by atoms with E-state index >= 15 is 0 Å². The number of carbonyl (C=O) groups is 1. The largest absolute Gasteiger partial charge is 0.395 e. The molecule has 4 rings (SSSR count). The summed E-state index contributed by atoms with van der Waals surface area (Å²) < 4.78 is 0. The fraction of sp³-hybridized carbons (Fsp3) is 0.375. The molecule has 2 aliphatic carbocycles. The fourth-order valence-electron chi connectivity index (χ4n) is 2.88. The van der Waals surface area contributed by atoms with Crippen LogP contribution >= 0.6 is 0 Å². The summed E-state index contributed by atoms with van der Waals surface area (Å²) in [6, 6.07) is 10.5. The monoisotopic (exact) mass is 282 g/mol. The van der Waals surface area contributed by atoms with Gasteiger partial charge in [0.05, 0.1) is 11.4 Å². The van der Waals surface area contributed by atoms with Crippen LogP contribution in [0.4, 0.5) is 5.69 Å². The second kappa shape index (κ2) is 4.62. The molecule has 21 heavy (non-hydrogen) atoms. The van der Waals surface area contributed by atoms with Gasteiger partial charge < -0.3 is 11.1 Å². The van der Waals surface area contributed by atoms with Crippen LogP contribution in [0.15, 0.2) is 30.3 Å². The number of anilines is 1. The average molecular weight is 282 g/mol. The smallest absolute Gasteiger partial charge is 0.274 e. The van der Waals surface area contributed by atoms with E-state index in [1.165, 1.54) is 5.56 Å². The van der Waals surface area contributed by atoms with E-state index < -0.39 is 0 Å². The molecule has 5 nitrogen and oxygen atoms in total. The Morgan fingerprint density at radius 3 is 2.76 bits per heavy atom. The van der Waals surface area contributed by atoms with E-state index in [0.29, 0.717) is 23.2 Å². The molecule has 0 aliphatic heterocycles. The van der Waals surface area contributed by atoms with Crippen molar-refractivity contribution in [1.29, 1.82) is 0 Å². The van der Waals surface area contributed by atoms with Gasteiger partial charge in [-0.25, -0.2) is 0 Å². The van der Waals surface area contributed by atoms with Gasteiger partial charge >= 0.3 is 0 Å². The lowest BCUT2D eigenvalue weighted by Gasteiger charge is -2.04. The van der Waals surface area contributed by atoms with Crippen molar-refractivity contribution in [3.63, 3.8) is 0 Å². The highest BCUT2D eigenvalue weighted by atomic mass is 16.2. The number of carbonyl (C=O) groups excluding carboxylic acids is 1. The van der Waals surface area contributed by atoms with Crippen LogP contribution in [0.3, 0.4) is 0 Å². The van der Waals surface area contributed by atoms with Gasteiger partial charge in [-0.05, 0) is 24.8 Å². The number of amides is 1. The zero-order valence-electron chi connectivity index (χ0n) is 11.7. The molecule has 1 aromatic carbocycles. The first-order chi connectivity index (χ1) is 10.2. The Bertz CT molecular complexity index is 675. The quantitative estimate of drug-likeness (QED) is 0.803. The lowest BCUT2D eigenvalue weighted by molar-refractivity contribution is 0.0946. The van der Waals surface area contributed by atoms with Gasteiger partial charge in [0.2, 0.25) is 0 Å². The van der Waals surface area contributed by atoms with Crippen molar-refractivity contribution < 1.29 is 4.79 Å². The van der Waals surface area contributed by atoms with E-state index in [0.717, 1.165) is 25.0 Å². The maximum atomic E-state index is 12.3. The van der Waals surface area contributed by atoms with Crippen molar-refractivity contribution in [2.45, 2.75) is 37.1 Å².